The average molecular weight is 340 g/mol. The number of amides is 1. The van der Waals surface area contributed by atoms with Crippen LogP contribution in [-0.2, 0) is 17.8 Å². The number of hydrogen-bond donors (Lipinski definition) is 0. The summed E-state index contributed by atoms with van der Waals surface area (Å²) in [6.45, 7) is 7.01. The van der Waals surface area contributed by atoms with Crippen LogP contribution in [0.5, 0.6) is 5.75 Å². The van der Waals surface area contributed by atoms with Crippen molar-refractivity contribution in [1.82, 2.24) is 19.6 Å². The number of nitrogens with zero attached hydrogens (tertiary/aromatic N) is 4. The van der Waals surface area contributed by atoms with Crippen molar-refractivity contribution in [3.63, 3.8) is 0 Å². The van der Waals surface area contributed by atoms with Crippen molar-refractivity contribution in [3.05, 3.63) is 47.8 Å². The Bertz CT molecular complexity index is 736. The van der Waals surface area contributed by atoms with E-state index < -0.39 is 0 Å². The molecule has 25 heavy (non-hydrogen) atoms. The van der Waals surface area contributed by atoms with Crippen LogP contribution >= 0.6 is 0 Å². The lowest BCUT2D eigenvalue weighted by Gasteiger charge is -2.36. The molecule has 2 aromatic rings. The maximum atomic E-state index is 12.6. The number of piperazine rings is 1. The van der Waals surface area contributed by atoms with Gasteiger partial charge < -0.3 is 9.64 Å². The van der Waals surface area contributed by atoms with Gasteiger partial charge in [-0.2, -0.15) is 5.10 Å². The van der Waals surface area contributed by atoms with Gasteiger partial charge in [0.15, 0.2) is 0 Å². The van der Waals surface area contributed by atoms with Gasteiger partial charge in [-0.25, -0.2) is 0 Å². The van der Waals surface area contributed by atoms with Crippen LogP contribution in [-0.4, -0.2) is 58.3 Å². The summed E-state index contributed by atoms with van der Waals surface area (Å²) >= 11 is 0. The summed E-state index contributed by atoms with van der Waals surface area (Å²) in [5.74, 6) is 1.19. The number of aromatic nitrogens is 2. The van der Waals surface area contributed by atoms with Crippen molar-refractivity contribution in [3.8, 4) is 5.75 Å². The summed E-state index contributed by atoms with van der Waals surface area (Å²) in [6, 6.07) is 8.12. The summed E-state index contributed by atoms with van der Waals surface area (Å²) in [6.07, 6.45) is 4.57. The first kappa shape index (κ1) is 16.1. The maximum absolute atomic E-state index is 12.6. The molecule has 1 fully saturated rings. The Morgan fingerprint density at radius 2 is 2.12 bits per heavy atom. The first-order valence-corrected chi connectivity index (χ1v) is 8.95. The Balaban J connectivity index is 1.31. The van der Waals surface area contributed by atoms with Crippen molar-refractivity contribution in [2.75, 3.05) is 32.8 Å². The molecule has 6 heteroatoms. The van der Waals surface area contributed by atoms with Crippen molar-refractivity contribution >= 4 is 5.91 Å². The number of carbonyl (C=O) groups excluding carboxylic acids is 1. The minimum Gasteiger partial charge on any atom is -0.493 e. The van der Waals surface area contributed by atoms with Crippen molar-refractivity contribution < 1.29 is 9.53 Å². The zero-order valence-corrected chi connectivity index (χ0v) is 14.6. The summed E-state index contributed by atoms with van der Waals surface area (Å²) in [5.41, 5.74) is 2.65. The van der Waals surface area contributed by atoms with Gasteiger partial charge in [-0.15, -0.1) is 0 Å². The van der Waals surface area contributed by atoms with E-state index in [1.54, 1.807) is 10.9 Å². The van der Waals surface area contributed by atoms with Gasteiger partial charge in [0, 0.05) is 51.5 Å². The highest BCUT2D eigenvalue weighted by Gasteiger charge is 2.26. The number of rotatable bonds is 4. The van der Waals surface area contributed by atoms with Gasteiger partial charge in [0.25, 0.3) is 0 Å². The van der Waals surface area contributed by atoms with Gasteiger partial charge in [-0.05, 0) is 30.2 Å². The normalized spacial score (nSPS) is 18.7. The molecule has 0 aliphatic carbocycles. The molecular formula is C19H24N4O2. The summed E-state index contributed by atoms with van der Waals surface area (Å²) in [5, 5.41) is 4.18. The van der Waals surface area contributed by atoms with Crippen LogP contribution in [0.25, 0.3) is 0 Å². The van der Waals surface area contributed by atoms with Gasteiger partial charge in [0.2, 0.25) is 5.91 Å². The van der Waals surface area contributed by atoms with Crippen LogP contribution in [0.1, 0.15) is 24.1 Å². The third-order valence-corrected chi connectivity index (χ3v) is 5.12. The first-order valence-electron chi connectivity index (χ1n) is 8.95. The van der Waals surface area contributed by atoms with Crippen LogP contribution in [0, 0.1) is 0 Å². The minimum atomic E-state index is -0.238. The van der Waals surface area contributed by atoms with Crippen LogP contribution in [0.3, 0.4) is 0 Å². The number of carbonyl (C=O) groups is 1. The number of fused-ring (bicyclic) bond motifs is 1. The van der Waals surface area contributed by atoms with E-state index in [4.69, 9.17) is 4.74 Å². The lowest BCUT2D eigenvalue weighted by Crippen LogP contribution is -2.49. The molecule has 1 aromatic carbocycles. The van der Waals surface area contributed by atoms with Gasteiger partial charge in [-0.1, -0.05) is 12.1 Å². The summed E-state index contributed by atoms with van der Waals surface area (Å²) in [4.78, 5) is 17.0. The van der Waals surface area contributed by atoms with Crippen LogP contribution < -0.4 is 4.74 Å². The molecule has 6 nitrogen and oxygen atoms in total. The fraction of sp³-hybridized carbons (Fsp3) is 0.474. The molecule has 4 rings (SSSR count). The molecule has 0 bridgehead atoms. The Labute approximate surface area is 148 Å². The molecule has 1 amide bonds. The molecule has 1 saturated heterocycles. The first-order chi connectivity index (χ1) is 12.2. The molecule has 132 valence electrons. The standard InChI is InChI=1S/C19H24N4O2/c1-15(23-7-2-6-20-23)19(24)22-10-8-21(9-11-22)14-16-3-4-18-17(13-16)5-12-25-18/h2-4,6-7,13,15H,5,8-12,14H2,1H3/t15-/m0/s1. The summed E-state index contributed by atoms with van der Waals surface area (Å²) in [7, 11) is 0. The quantitative estimate of drug-likeness (QED) is 0.850. The minimum absolute atomic E-state index is 0.151. The second-order valence-corrected chi connectivity index (χ2v) is 6.80. The van der Waals surface area contributed by atoms with Gasteiger partial charge >= 0.3 is 0 Å². The highest BCUT2D eigenvalue weighted by Crippen LogP contribution is 2.26. The van der Waals surface area contributed by atoms with E-state index in [9.17, 15) is 4.79 Å². The van der Waals surface area contributed by atoms with Gasteiger partial charge in [0.1, 0.15) is 11.8 Å². The van der Waals surface area contributed by atoms with E-state index in [1.165, 1.54) is 11.1 Å². The molecule has 0 spiro atoms. The van der Waals surface area contributed by atoms with E-state index in [0.717, 1.165) is 51.5 Å². The molecule has 2 aliphatic rings. The molecule has 1 aromatic heterocycles. The number of ether oxygens (including phenoxy) is 1. The van der Waals surface area contributed by atoms with E-state index in [0.29, 0.717) is 0 Å². The predicted molar refractivity (Wildman–Crippen MR) is 94.4 cm³/mol. The van der Waals surface area contributed by atoms with Gasteiger partial charge in [0.05, 0.1) is 6.61 Å². The number of hydrogen-bond acceptors (Lipinski definition) is 4. The second kappa shape index (κ2) is 6.88. The van der Waals surface area contributed by atoms with Gasteiger partial charge in [-0.3, -0.25) is 14.4 Å². The molecule has 0 N–H and O–H groups in total. The Morgan fingerprint density at radius 1 is 1.28 bits per heavy atom. The number of benzene rings is 1. The average Bonchev–Trinajstić information content (AvgIpc) is 3.32. The molecule has 1 atom stereocenters. The molecule has 2 aliphatic heterocycles. The fourth-order valence-electron chi connectivity index (χ4n) is 3.61. The van der Waals surface area contributed by atoms with E-state index in [2.05, 4.69) is 28.2 Å². The Morgan fingerprint density at radius 3 is 2.88 bits per heavy atom. The topological polar surface area (TPSA) is 50.6 Å². The molecule has 0 saturated carbocycles. The molecule has 0 radical (unpaired) electrons. The van der Waals surface area contributed by atoms with Crippen LogP contribution in [0.4, 0.5) is 0 Å². The monoisotopic (exact) mass is 340 g/mol. The lowest BCUT2D eigenvalue weighted by molar-refractivity contribution is -0.136. The van der Waals surface area contributed by atoms with E-state index >= 15 is 0 Å². The largest absolute Gasteiger partial charge is 0.493 e. The smallest absolute Gasteiger partial charge is 0.247 e. The third kappa shape index (κ3) is 3.39. The molecule has 3 heterocycles. The van der Waals surface area contributed by atoms with Crippen molar-refractivity contribution in [2.24, 2.45) is 0 Å². The molecular weight excluding hydrogens is 316 g/mol. The highest BCUT2D eigenvalue weighted by atomic mass is 16.5. The molecule has 0 unspecified atom stereocenters. The Kier molecular flexibility index (Phi) is 4.44. The van der Waals surface area contributed by atoms with E-state index in [1.807, 2.05) is 24.1 Å². The highest BCUT2D eigenvalue weighted by molar-refractivity contribution is 5.80. The fourth-order valence-corrected chi connectivity index (χ4v) is 3.61. The Hall–Kier alpha value is -2.34. The predicted octanol–water partition coefficient (Wildman–Crippen LogP) is 1.72. The van der Waals surface area contributed by atoms with Crippen LogP contribution in [0.2, 0.25) is 0 Å². The van der Waals surface area contributed by atoms with E-state index in [-0.39, 0.29) is 11.9 Å². The van der Waals surface area contributed by atoms with Crippen molar-refractivity contribution in [2.45, 2.75) is 25.9 Å². The second-order valence-electron chi connectivity index (χ2n) is 6.80. The lowest BCUT2D eigenvalue weighted by atomic mass is 10.1. The summed E-state index contributed by atoms with van der Waals surface area (Å²) < 4.78 is 7.30. The zero-order chi connectivity index (χ0) is 17.2. The third-order valence-electron chi connectivity index (χ3n) is 5.12. The van der Waals surface area contributed by atoms with Crippen LogP contribution in [0.15, 0.2) is 36.7 Å². The van der Waals surface area contributed by atoms with Crippen molar-refractivity contribution in [1.29, 1.82) is 0 Å². The zero-order valence-electron chi connectivity index (χ0n) is 14.6. The SMILES string of the molecule is C[C@@H](C(=O)N1CCN(Cc2ccc3c(c2)CCO3)CC1)n1cccn1. The maximum Gasteiger partial charge on any atom is 0.247 e.